The van der Waals surface area contributed by atoms with Crippen molar-refractivity contribution in [3.8, 4) is 5.75 Å². The number of amides is 2. The number of ether oxygens (including phenoxy) is 1. The van der Waals surface area contributed by atoms with Gasteiger partial charge in [-0.2, -0.15) is 0 Å². The highest BCUT2D eigenvalue weighted by atomic mass is 32.2. The molecule has 8 nitrogen and oxygen atoms in total. The first-order chi connectivity index (χ1) is 16.6. The number of benzene rings is 3. The van der Waals surface area contributed by atoms with E-state index in [1.165, 1.54) is 11.4 Å². The summed E-state index contributed by atoms with van der Waals surface area (Å²) in [5.41, 5.74) is 2.50. The summed E-state index contributed by atoms with van der Waals surface area (Å²) >= 11 is 0. The molecule has 0 saturated heterocycles. The number of rotatable bonds is 10. The molecule has 2 N–H and O–H groups in total. The second kappa shape index (κ2) is 11.6. The molecular formula is C26H29N3O5S. The van der Waals surface area contributed by atoms with E-state index in [-0.39, 0.29) is 25.1 Å². The van der Waals surface area contributed by atoms with Crippen molar-refractivity contribution in [2.24, 2.45) is 0 Å². The molecule has 0 aliphatic rings. The van der Waals surface area contributed by atoms with E-state index in [1.54, 1.807) is 48.5 Å². The fraction of sp³-hybridized carbons (Fsp3) is 0.231. The van der Waals surface area contributed by atoms with Gasteiger partial charge in [0.05, 0.1) is 23.5 Å². The van der Waals surface area contributed by atoms with E-state index in [0.717, 1.165) is 17.4 Å². The fourth-order valence-electron chi connectivity index (χ4n) is 3.29. The number of hydrogen-bond donors (Lipinski definition) is 2. The van der Waals surface area contributed by atoms with E-state index >= 15 is 0 Å². The molecule has 0 aliphatic heterocycles. The van der Waals surface area contributed by atoms with Crippen LogP contribution < -0.4 is 15.4 Å². The SMILES string of the molecule is C[C@H](NC(=O)c1ccccc1NC(=O)COc1ccc(CN(C)S(C)(=O)=O)cc1)c1ccccc1. The molecule has 2 amide bonds. The highest BCUT2D eigenvalue weighted by molar-refractivity contribution is 7.88. The average molecular weight is 496 g/mol. The number of hydrogen-bond acceptors (Lipinski definition) is 5. The highest BCUT2D eigenvalue weighted by Crippen LogP contribution is 2.19. The molecule has 0 bridgehead atoms. The van der Waals surface area contributed by atoms with Crippen LogP contribution in [0.5, 0.6) is 5.75 Å². The topological polar surface area (TPSA) is 105 Å². The van der Waals surface area contributed by atoms with Crippen molar-refractivity contribution in [2.75, 3.05) is 25.2 Å². The van der Waals surface area contributed by atoms with Gasteiger partial charge in [0, 0.05) is 13.6 Å². The van der Waals surface area contributed by atoms with Gasteiger partial charge >= 0.3 is 0 Å². The van der Waals surface area contributed by atoms with Gasteiger partial charge in [0.25, 0.3) is 11.8 Å². The van der Waals surface area contributed by atoms with Gasteiger partial charge in [-0.05, 0) is 42.3 Å². The number of para-hydroxylation sites is 1. The first-order valence-electron chi connectivity index (χ1n) is 11.0. The molecule has 9 heteroatoms. The summed E-state index contributed by atoms with van der Waals surface area (Å²) in [7, 11) is -1.77. The van der Waals surface area contributed by atoms with E-state index < -0.39 is 15.9 Å². The summed E-state index contributed by atoms with van der Waals surface area (Å²) in [6, 6.07) is 23.0. The molecular weight excluding hydrogens is 466 g/mol. The molecule has 0 heterocycles. The monoisotopic (exact) mass is 495 g/mol. The maximum Gasteiger partial charge on any atom is 0.262 e. The predicted molar refractivity (Wildman–Crippen MR) is 136 cm³/mol. The van der Waals surface area contributed by atoms with Crippen LogP contribution in [0.15, 0.2) is 78.9 Å². The lowest BCUT2D eigenvalue weighted by Crippen LogP contribution is -2.28. The molecule has 35 heavy (non-hydrogen) atoms. The maximum absolute atomic E-state index is 12.8. The van der Waals surface area contributed by atoms with Crippen LogP contribution in [-0.4, -0.2) is 44.4 Å². The van der Waals surface area contributed by atoms with Gasteiger partial charge in [-0.1, -0.05) is 54.6 Å². The zero-order valence-electron chi connectivity index (χ0n) is 19.9. The minimum absolute atomic E-state index is 0.198. The Hall–Kier alpha value is -3.69. The fourth-order valence-corrected chi connectivity index (χ4v) is 3.67. The van der Waals surface area contributed by atoms with Crippen molar-refractivity contribution >= 4 is 27.5 Å². The third kappa shape index (κ3) is 7.66. The molecule has 3 rings (SSSR count). The van der Waals surface area contributed by atoms with Crippen molar-refractivity contribution in [3.05, 3.63) is 95.6 Å². The number of sulfonamides is 1. The summed E-state index contributed by atoms with van der Waals surface area (Å²) in [6.45, 7) is 1.88. The standard InChI is InChI=1S/C26H29N3O5S/c1-19(21-9-5-4-6-10-21)27-26(31)23-11-7-8-12-24(23)28-25(30)18-34-22-15-13-20(14-16-22)17-29(2)35(3,32)33/h4-16,19H,17-18H2,1-3H3,(H,27,31)(H,28,30)/t19-/m0/s1. The van der Waals surface area contributed by atoms with Crippen LogP contribution in [0.4, 0.5) is 5.69 Å². The lowest BCUT2D eigenvalue weighted by Gasteiger charge is -2.16. The second-order valence-electron chi connectivity index (χ2n) is 8.15. The molecule has 0 aromatic heterocycles. The summed E-state index contributed by atoms with van der Waals surface area (Å²) in [5, 5.41) is 5.68. The van der Waals surface area contributed by atoms with Crippen LogP contribution in [0.3, 0.4) is 0 Å². The number of carbonyl (C=O) groups excluding carboxylic acids is 2. The maximum atomic E-state index is 12.8. The van der Waals surface area contributed by atoms with Gasteiger partial charge in [-0.15, -0.1) is 0 Å². The van der Waals surface area contributed by atoms with Crippen LogP contribution in [0, 0.1) is 0 Å². The Morgan fingerprint density at radius 3 is 2.23 bits per heavy atom. The Bertz CT molecular complexity index is 1260. The van der Waals surface area contributed by atoms with Crippen molar-refractivity contribution in [2.45, 2.75) is 19.5 Å². The first-order valence-corrected chi connectivity index (χ1v) is 12.9. The summed E-state index contributed by atoms with van der Waals surface area (Å²) in [5.74, 6) is -0.247. The van der Waals surface area contributed by atoms with Crippen LogP contribution >= 0.6 is 0 Å². The van der Waals surface area contributed by atoms with Gasteiger partial charge in [0.2, 0.25) is 10.0 Å². The number of nitrogens with zero attached hydrogens (tertiary/aromatic N) is 1. The van der Waals surface area contributed by atoms with E-state index in [9.17, 15) is 18.0 Å². The Labute approximate surface area is 206 Å². The van der Waals surface area contributed by atoms with E-state index in [0.29, 0.717) is 17.0 Å². The zero-order valence-corrected chi connectivity index (χ0v) is 20.7. The quantitative estimate of drug-likeness (QED) is 0.447. The minimum atomic E-state index is -3.27. The first kappa shape index (κ1) is 25.9. The molecule has 0 radical (unpaired) electrons. The van der Waals surface area contributed by atoms with E-state index in [1.807, 2.05) is 37.3 Å². The van der Waals surface area contributed by atoms with Crippen molar-refractivity contribution < 1.29 is 22.7 Å². The summed E-state index contributed by atoms with van der Waals surface area (Å²) in [6.07, 6.45) is 1.15. The van der Waals surface area contributed by atoms with Gasteiger partial charge in [-0.3, -0.25) is 9.59 Å². The van der Waals surface area contributed by atoms with Crippen LogP contribution in [-0.2, 0) is 21.4 Å². The molecule has 3 aromatic rings. The Morgan fingerprint density at radius 2 is 1.57 bits per heavy atom. The van der Waals surface area contributed by atoms with Crippen LogP contribution in [0.1, 0.15) is 34.5 Å². The summed E-state index contributed by atoms with van der Waals surface area (Å²) < 4.78 is 29.9. The molecule has 0 unspecified atom stereocenters. The minimum Gasteiger partial charge on any atom is -0.484 e. The molecule has 0 spiro atoms. The molecule has 0 aliphatic carbocycles. The normalized spacial score (nSPS) is 12.1. The number of nitrogens with one attached hydrogen (secondary N) is 2. The third-order valence-corrected chi connectivity index (χ3v) is 6.62. The predicted octanol–water partition coefficient (Wildman–Crippen LogP) is 3.59. The highest BCUT2D eigenvalue weighted by Gasteiger charge is 2.16. The number of anilines is 1. The third-order valence-electron chi connectivity index (χ3n) is 5.36. The van der Waals surface area contributed by atoms with Crippen molar-refractivity contribution in [1.82, 2.24) is 9.62 Å². The lowest BCUT2D eigenvalue weighted by molar-refractivity contribution is -0.118. The Morgan fingerprint density at radius 1 is 0.943 bits per heavy atom. The molecule has 0 fully saturated rings. The van der Waals surface area contributed by atoms with E-state index in [2.05, 4.69) is 10.6 Å². The van der Waals surface area contributed by atoms with Crippen LogP contribution in [0.25, 0.3) is 0 Å². The molecule has 3 aromatic carbocycles. The molecule has 0 saturated carbocycles. The summed E-state index contributed by atoms with van der Waals surface area (Å²) in [4.78, 5) is 25.3. The zero-order chi connectivity index (χ0) is 25.4. The van der Waals surface area contributed by atoms with Gasteiger partial charge in [0.15, 0.2) is 6.61 Å². The Kier molecular flexibility index (Phi) is 8.62. The molecule has 184 valence electrons. The smallest absolute Gasteiger partial charge is 0.262 e. The average Bonchev–Trinajstić information content (AvgIpc) is 2.84. The van der Waals surface area contributed by atoms with E-state index in [4.69, 9.17) is 4.74 Å². The second-order valence-corrected chi connectivity index (χ2v) is 10.2. The number of carbonyl (C=O) groups is 2. The van der Waals surface area contributed by atoms with Gasteiger partial charge in [0.1, 0.15) is 5.75 Å². The van der Waals surface area contributed by atoms with Crippen molar-refractivity contribution in [1.29, 1.82) is 0 Å². The van der Waals surface area contributed by atoms with Crippen LogP contribution in [0.2, 0.25) is 0 Å². The Balaban J connectivity index is 1.56. The van der Waals surface area contributed by atoms with Gasteiger partial charge in [-0.25, -0.2) is 12.7 Å². The lowest BCUT2D eigenvalue weighted by atomic mass is 10.1. The molecule has 1 atom stereocenters. The largest absolute Gasteiger partial charge is 0.484 e. The van der Waals surface area contributed by atoms with Crippen molar-refractivity contribution in [3.63, 3.8) is 0 Å². The van der Waals surface area contributed by atoms with Gasteiger partial charge < -0.3 is 15.4 Å².